The maximum Gasteiger partial charge on any atom is 0.342 e. The predicted octanol–water partition coefficient (Wildman–Crippen LogP) is 3.26. The van der Waals surface area contributed by atoms with E-state index in [9.17, 15) is 4.79 Å². The summed E-state index contributed by atoms with van der Waals surface area (Å²) in [6.07, 6.45) is 0. The second kappa shape index (κ2) is 8.81. The van der Waals surface area contributed by atoms with Crippen molar-refractivity contribution in [3.05, 3.63) is 65.5 Å². The number of anilines is 3. The van der Waals surface area contributed by atoms with Crippen LogP contribution in [0.4, 0.5) is 17.6 Å². The molecule has 0 spiro atoms. The summed E-state index contributed by atoms with van der Waals surface area (Å²) < 4.78 is 10.8. The van der Waals surface area contributed by atoms with Gasteiger partial charge in [0.15, 0.2) is 12.4 Å². The maximum atomic E-state index is 12.4. The van der Waals surface area contributed by atoms with Crippen LogP contribution in [0.15, 0.2) is 48.5 Å². The number of rotatable bonds is 7. The van der Waals surface area contributed by atoms with Crippen LogP contribution in [0.2, 0.25) is 0 Å². The summed E-state index contributed by atoms with van der Waals surface area (Å²) >= 11 is 0. The SMILES string of the molecule is CCOc1ccccc1C(=O)OCc1nc(N)nc(Nc2ccccc2C)n1. The molecule has 0 radical (unpaired) electrons. The normalized spacial score (nSPS) is 10.4. The number of nitrogens with zero attached hydrogens (tertiary/aromatic N) is 3. The minimum atomic E-state index is -0.531. The van der Waals surface area contributed by atoms with E-state index in [4.69, 9.17) is 15.2 Å². The number of nitrogens with one attached hydrogen (secondary N) is 1. The van der Waals surface area contributed by atoms with Crippen LogP contribution in [-0.2, 0) is 11.3 Å². The first kappa shape index (κ1) is 19.1. The van der Waals surface area contributed by atoms with Crippen molar-refractivity contribution in [3.63, 3.8) is 0 Å². The molecule has 0 atom stereocenters. The van der Waals surface area contributed by atoms with E-state index in [0.717, 1.165) is 11.3 Å². The third-order valence-electron chi connectivity index (χ3n) is 3.83. The van der Waals surface area contributed by atoms with Gasteiger partial charge in [-0.1, -0.05) is 30.3 Å². The number of carbonyl (C=O) groups is 1. The Kier molecular flexibility index (Phi) is 6.01. The quantitative estimate of drug-likeness (QED) is 0.602. The second-order valence-corrected chi connectivity index (χ2v) is 5.88. The molecular formula is C20H21N5O3. The molecule has 8 nitrogen and oxygen atoms in total. The predicted molar refractivity (Wildman–Crippen MR) is 105 cm³/mol. The van der Waals surface area contributed by atoms with Crippen LogP contribution in [0.3, 0.4) is 0 Å². The van der Waals surface area contributed by atoms with E-state index in [2.05, 4.69) is 20.3 Å². The van der Waals surface area contributed by atoms with Crippen LogP contribution >= 0.6 is 0 Å². The highest BCUT2D eigenvalue weighted by molar-refractivity contribution is 5.92. The van der Waals surface area contributed by atoms with E-state index in [1.165, 1.54) is 0 Å². The van der Waals surface area contributed by atoms with Gasteiger partial charge in [-0.25, -0.2) is 4.79 Å². The van der Waals surface area contributed by atoms with Gasteiger partial charge in [-0.2, -0.15) is 15.0 Å². The number of ether oxygens (including phenoxy) is 2. The molecular weight excluding hydrogens is 358 g/mol. The summed E-state index contributed by atoms with van der Waals surface area (Å²) in [5.74, 6) is 0.490. The van der Waals surface area contributed by atoms with Gasteiger partial charge in [0.25, 0.3) is 0 Å². The van der Waals surface area contributed by atoms with Gasteiger partial charge < -0.3 is 20.5 Å². The summed E-state index contributed by atoms with van der Waals surface area (Å²) in [4.78, 5) is 24.8. The molecule has 144 valence electrons. The number of para-hydroxylation sites is 2. The lowest BCUT2D eigenvalue weighted by molar-refractivity contribution is 0.0458. The van der Waals surface area contributed by atoms with Crippen molar-refractivity contribution in [3.8, 4) is 5.75 Å². The van der Waals surface area contributed by atoms with Crippen LogP contribution in [0.1, 0.15) is 28.7 Å². The number of benzene rings is 2. The molecule has 3 N–H and O–H groups in total. The van der Waals surface area contributed by atoms with E-state index in [1.807, 2.05) is 38.1 Å². The van der Waals surface area contributed by atoms with Gasteiger partial charge in [-0.15, -0.1) is 0 Å². The van der Waals surface area contributed by atoms with Crippen molar-refractivity contribution in [2.24, 2.45) is 0 Å². The van der Waals surface area contributed by atoms with E-state index < -0.39 is 5.97 Å². The molecule has 2 aromatic carbocycles. The Morgan fingerprint density at radius 2 is 1.82 bits per heavy atom. The fourth-order valence-corrected chi connectivity index (χ4v) is 2.52. The van der Waals surface area contributed by atoms with Crippen molar-refractivity contribution < 1.29 is 14.3 Å². The Balaban J connectivity index is 1.72. The number of carbonyl (C=O) groups excluding carboxylic acids is 1. The molecule has 0 unspecified atom stereocenters. The first-order chi connectivity index (χ1) is 13.6. The van der Waals surface area contributed by atoms with E-state index in [1.54, 1.807) is 24.3 Å². The van der Waals surface area contributed by atoms with Gasteiger partial charge in [0.2, 0.25) is 11.9 Å². The van der Waals surface area contributed by atoms with Crippen molar-refractivity contribution in [1.29, 1.82) is 0 Å². The lowest BCUT2D eigenvalue weighted by Gasteiger charge is -2.11. The zero-order valence-electron chi connectivity index (χ0n) is 15.7. The Bertz CT molecular complexity index is 978. The number of hydrogen-bond acceptors (Lipinski definition) is 8. The van der Waals surface area contributed by atoms with Crippen LogP contribution in [0.25, 0.3) is 0 Å². The molecule has 0 aliphatic rings. The van der Waals surface area contributed by atoms with Crippen molar-refractivity contribution in [1.82, 2.24) is 15.0 Å². The van der Waals surface area contributed by atoms with Gasteiger partial charge in [0, 0.05) is 5.69 Å². The average Bonchev–Trinajstić information content (AvgIpc) is 2.68. The first-order valence-corrected chi connectivity index (χ1v) is 8.79. The third kappa shape index (κ3) is 4.73. The molecule has 0 bridgehead atoms. The lowest BCUT2D eigenvalue weighted by atomic mass is 10.2. The van der Waals surface area contributed by atoms with Crippen LogP contribution < -0.4 is 15.8 Å². The van der Waals surface area contributed by atoms with Crippen molar-refractivity contribution >= 4 is 23.6 Å². The van der Waals surface area contributed by atoms with E-state index in [-0.39, 0.29) is 24.3 Å². The van der Waals surface area contributed by atoms with Gasteiger partial charge >= 0.3 is 5.97 Å². The summed E-state index contributed by atoms with van der Waals surface area (Å²) in [7, 11) is 0. The molecule has 0 saturated carbocycles. The van der Waals surface area contributed by atoms with Crippen LogP contribution in [-0.4, -0.2) is 27.5 Å². The van der Waals surface area contributed by atoms with Gasteiger partial charge in [0.05, 0.1) is 6.61 Å². The zero-order chi connectivity index (χ0) is 19.9. The minimum Gasteiger partial charge on any atom is -0.493 e. The number of aryl methyl sites for hydroxylation is 1. The Morgan fingerprint density at radius 1 is 1.07 bits per heavy atom. The lowest BCUT2D eigenvalue weighted by Crippen LogP contribution is -2.12. The fraction of sp³-hybridized carbons (Fsp3) is 0.200. The molecule has 1 heterocycles. The average molecular weight is 379 g/mol. The Labute approximate surface area is 162 Å². The van der Waals surface area contributed by atoms with Gasteiger partial charge in [-0.05, 0) is 37.6 Å². The highest BCUT2D eigenvalue weighted by Crippen LogP contribution is 2.20. The molecule has 3 rings (SSSR count). The molecule has 0 amide bonds. The van der Waals surface area contributed by atoms with Gasteiger partial charge in [-0.3, -0.25) is 0 Å². The highest BCUT2D eigenvalue weighted by Gasteiger charge is 2.15. The first-order valence-electron chi connectivity index (χ1n) is 8.79. The minimum absolute atomic E-state index is 0.0341. The second-order valence-electron chi connectivity index (χ2n) is 5.88. The Morgan fingerprint density at radius 3 is 2.61 bits per heavy atom. The molecule has 0 aliphatic heterocycles. The fourth-order valence-electron chi connectivity index (χ4n) is 2.52. The van der Waals surface area contributed by atoms with Crippen LogP contribution in [0, 0.1) is 6.92 Å². The van der Waals surface area contributed by atoms with Crippen molar-refractivity contribution in [2.75, 3.05) is 17.7 Å². The maximum absolute atomic E-state index is 12.4. The number of nitrogen functional groups attached to an aromatic ring is 1. The smallest absolute Gasteiger partial charge is 0.342 e. The largest absolute Gasteiger partial charge is 0.493 e. The zero-order valence-corrected chi connectivity index (χ0v) is 15.7. The summed E-state index contributed by atoms with van der Waals surface area (Å²) in [6, 6.07) is 14.6. The Hall–Kier alpha value is -3.68. The molecule has 0 saturated heterocycles. The molecule has 8 heteroatoms. The number of nitrogens with two attached hydrogens (primary N) is 1. The summed E-state index contributed by atoms with van der Waals surface area (Å²) in [5, 5.41) is 3.10. The van der Waals surface area contributed by atoms with Crippen LogP contribution in [0.5, 0.6) is 5.75 Å². The number of aromatic nitrogens is 3. The summed E-state index contributed by atoms with van der Waals surface area (Å²) in [6.45, 7) is 4.11. The molecule has 0 aliphatic carbocycles. The van der Waals surface area contributed by atoms with E-state index in [0.29, 0.717) is 17.9 Å². The van der Waals surface area contributed by atoms with E-state index >= 15 is 0 Å². The van der Waals surface area contributed by atoms with Crippen molar-refractivity contribution in [2.45, 2.75) is 20.5 Å². The third-order valence-corrected chi connectivity index (χ3v) is 3.83. The molecule has 0 fully saturated rings. The number of esters is 1. The monoisotopic (exact) mass is 379 g/mol. The van der Waals surface area contributed by atoms with Gasteiger partial charge in [0.1, 0.15) is 11.3 Å². The standard InChI is InChI=1S/C20H21N5O3/c1-3-27-16-11-7-5-9-14(16)18(26)28-12-17-23-19(21)25-20(24-17)22-15-10-6-4-8-13(15)2/h4-11H,3,12H2,1-2H3,(H3,21,22,23,24,25). The number of hydrogen-bond donors (Lipinski definition) is 2. The highest BCUT2D eigenvalue weighted by atomic mass is 16.5. The molecule has 28 heavy (non-hydrogen) atoms. The molecule has 1 aromatic heterocycles. The summed E-state index contributed by atoms with van der Waals surface area (Å²) in [5.41, 5.74) is 7.99. The molecule has 3 aromatic rings. The topological polar surface area (TPSA) is 112 Å².